The first kappa shape index (κ1) is 19.9. The van der Waals surface area contributed by atoms with Gasteiger partial charge in [0.05, 0.1) is 22.7 Å². The molecule has 0 saturated carbocycles. The van der Waals surface area contributed by atoms with Crippen LogP contribution in [0.1, 0.15) is 5.76 Å². The Morgan fingerprint density at radius 1 is 1.17 bits per heavy atom. The Hall–Kier alpha value is -3.36. The van der Waals surface area contributed by atoms with Crippen LogP contribution in [0.15, 0.2) is 82.2 Å². The number of pyridine rings is 1. The number of benzene rings is 1. The van der Waals surface area contributed by atoms with E-state index in [4.69, 9.17) is 16.0 Å². The van der Waals surface area contributed by atoms with Crippen molar-refractivity contribution < 1.29 is 14.0 Å². The van der Waals surface area contributed by atoms with Crippen LogP contribution in [0.25, 0.3) is 6.08 Å². The maximum absolute atomic E-state index is 13.0. The van der Waals surface area contributed by atoms with E-state index in [0.717, 1.165) is 11.8 Å². The number of nitrogens with zero attached hydrogens (tertiary/aromatic N) is 3. The molecule has 9 heteroatoms. The Bertz CT molecular complexity index is 1110. The molecule has 0 unspecified atom stereocenters. The number of amides is 2. The number of halogens is 1. The monoisotopic (exact) mass is 438 g/mol. The molecule has 150 valence electrons. The van der Waals surface area contributed by atoms with Crippen LogP contribution >= 0.6 is 23.4 Å². The van der Waals surface area contributed by atoms with Gasteiger partial charge >= 0.3 is 0 Å². The molecular formula is C21H15ClN4O3S. The molecule has 0 fully saturated rings. The zero-order valence-corrected chi connectivity index (χ0v) is 17.1. The number of amidine groups is 1. The van der Waals surface area contributed by atoms with Crippen LogP contribution in [0.4, 0.5) is 11.5 Å². The van der Waals surface area contributed by atoms with E-state index < -0.39 is 0 Å². The molecule has 1 aromatic carbocycles. The summed E-state index contributed by atoms with van der Waals surface area (Å²) in [4.78, 5) is 35.3. The summed E-state index contributed by atoms with van der Waals surface area (Å²) >= 11 is 6.96. The lowest BCUT2D eigenvalue weighted by molar-refractivity contribution is -0.114. The molecule has 1 N–H and O–H groups in total. The predicted molar refractivity (Wildman–Crippen MR) is 118 cm³/mol. The molecule has 0 saturated heterocycles. The largest absolute Gasteiger partial charge is 0.465 e. The van der Waals surface area contributed by atoms with Crippen molar-refractivity contribution in [1.29, 1.82) is 0 Å². The third-order valence-corrected chi connectivity index (χ3v) is 5.16. The van der Waals surface area contributed by atoms with Gasteiger partial charge in [-0.15, -0.1) is 0 Å². The SMILES string of the molecule is O=C(CSC1=N/C(=C/c2ccco2)C(=O)N1c1ccccc1)Nc1ccc(Cl)cn1. The molecule has 0 radical (unpaired) electrons. The molecule has 3 heterocycles. The maximum Gasteiger partial charge on any atom is 0.283 e. The number of carbonyl (C=O) groups excluding carboxylic acids is 2. The van der Waals surface area contributed by atoms with E-state index in [-0.39, 0.29) is 23.3 Å². The average molecular weight is 439 g/mol. The number of hydrogen-bond donors (Lipinski definition) is 1. The summed E-state index contributed by atoms with van der Waals surface area (Å²) in [6.45, 7) is 0. The van der Waals surface area contributed by atoms with Crippen LogP contribution in [-0.2, 0) is 9.59 Å². The van der Waals surface area contributed by atoms with Gasteiger partial charge in [0, 0.05) is 12.3 Å². The quantitative estimate of drug-likeness (QED) is 0.595. The molecule has 0 bridgehead atoms. The van der Waals surface area contributed by atoms with Gasteiger partial charge in [-0.2, -0.15) is 0 Å². The number of anilines is 2. The van der Waals surface area contributed by atoms with Crippen LogP contribution in [-0.4, -0.2) is 27.7 Å². The van der Waals surface area contributed by atoms with E-state index in [9.17, 15) is 9.59 Å². The van der Waals surface area contributed by atoms with Crippen LogP contribution in [0.5, 0.6) is 0 Å². The molecule has 0 atom stereocenters. The standard InChI is InChI=1S/C21H15ClN4O3S/c22-14-8-9-18(23-12-14)25-19(27)13-30-21-24-17(11-16-7-4-10-29-16)20(28)26(21)15-5-2-1-3-6-15/h1-12H,13H2,(H,23,25,27)/b17-11+. The van der Waals surface area contributed by atoms with Gasteiger partial charge in [-0.1, -0.05) is 41.6 Å². The number of aliphatic imine (C=N–C) groups is 1. The molecule has 3 aromatic rings. The second-order valence-electron chi connectivity index (χ2n) is 6.11. The summed E-state index contributed by atoms with van der Waals surface area (Å²) in [5.74, 6) is 0.398. The summed E-state index contributed by atoms with van der Waals surface area (Å²) < 4.78 is 5.29. The minimum atomic E-state index is -0.292. The van der Waals surface area contributed by atoms with E-state index in [1.807, 2.05) is 30.3 Å². The lowest BCUT2D eigenvalue weighted by Crippen LogP contribution is -2.31. The summed E-state index contributed by atoms with van der Waals surface area (Å²) in [5, 5.41) is 3.58. The Labute approximate surface area is 181 Å². The normalized spacial score (nSPS) is 14.8. The molecule has 0 spiro atoms. The Morgan fingerprint density at radius 2 is 2.00 bits per heavy atom. The van der Waals surface area contributed by atoms with Crippen molar-refractivity contribution in [3.05, 3.63) is 83.5 Å². The van der Waals surface area contributed by atoms with Gasteiger partial charge in [0.2, 0.25) is 5.91 Å². The van der Waals surface area contributed by atoms with E-state index in [0.29, 0.717) is 27.5 Å². The van der Waals surface area contributed by atoms with Crippen molar-refractivity contribution in [2.45, 2.75) is 0 Å². The summed E-state index contributed by atoms with van der Waals surface area (Å²) in [6.07, 6.45) is 4.55. The van der Waals surface area contributed by atoms with Crippen LogP contribution < -0.4 is 10.2 Å². The minimum Gasteiger partial charge on any atom is -0.465 e. The number of rotatable bonds is 5. The van der Waals surface area contributed by atoms with Crippen LogP contribution in [0.2, 0.25) is 5.02 Å². The smallest absolute Gasteiger partial charge is 0.283 e. The Morgan fingerprint density at radius 3 is 2.70 bits per heavy atom. The first-order chi connectivity index (χ1) is 14.6. The molecule has 4 rings (SSSR count). The predicted octanol–water partition coefficient (Wildman–Crippen LogP) is 4.44. The highest BCUT2D eigenvalue weighted by Crippen LogP contribution is 2.29. The van der Waals surface area contributed by atoms with Gasteiger partial charge in [-0.25, -0.2) is 9.98 Å². The Balaban J connectivity index is 1.52. The molecule has 2 aromatic heterocycles. The molecular weight excluding hydrogens is 424 g/mol. The maximum atomic E-state index is 13.0. The second-order valence-corrected chi connectivity index (χ2v) is 7.49. The van der Waals surface area contributed by atoms with Gasteiger partial charge < -0.3 is 9.73 Å². The van der Waals surface area contributed by atoms with Crippen molar-refractivity contribution in [2.75, 3.05) is 16.0 Å². The second kappa shape index (κ2) is 8.98. The van der Waals surface area contributed by atoms with E-state index in [2.05, 4.69) is 15.3 Å². The van der Waals surface area contributed by atoms with Gasteiger partial charge in [-0.3, -0.25) is 14.5 Å². The number of nitrogens with one attached hydrogen (secondary N) is 1. The van der Waals surface area contributed by atoms with Crippen LogP contribution in [0.3, 0.4) is 0 Å². The van der Waals surface area contributed by atoms with Gasteiger partial charge in [0.25, 0.3) is 5.91 Å². The summed E-state index contributed by atoms with van der Waals surface area (Å²) in [6, 6.07) is 15.9. The highest BCUT2D eigenvalue weighted by molar-refractivity contribution is 8.14. The highest BCUT2D eigenvalue weighted by atomic mass is 35.5. The third-order valence-electron chi connectivity index (χ3n) is 3.99. The zero-order chi connectivity index (χ0) is 20.9. The fraction of sp³-hybridized carbons (Fsp3) is 0.0476. The molecule has 30 heavy (non-hydrogen) atoms. The molecule has 0 aliphatic carbocycles. The topological polar surface area (TPSA) is 87.8 Å². The molecule has 1 aliphatic heterocycles. The van der Waals surface area contributed by atoms with E-state index in [1.165, 1.54) is 17.4 Å². The average Bonchev–Trinajstić information content (AvgIpc) is 3.37. The van der Waals surface area contributed by atoms with Crippen molar-refractivity contribution in [3.63, 3.8) is 0 Å². The fourth-order valence-electron chi connectivity index (χ4n) is 2.66. The molecule has 2 amide bonds. The van der Waals surface area contributed by atoms with Crippen molar-refractivity contribution in [3.8, 4) is 0 Å². The van der Waals surface area contributed by atoms with Gasteiger partial charge in [0.15, 0.2) is 5.17 Å². The number of hydrogen-bond acceptors (Lipinski definition) is 6. The number of carbonyl (C=O) groups is 2. The number of aromatic nitrogens is 1. The van der Waals surface area contributed by atoms with Gasteiger partial charge in [0.1, 0.15) is 17.3 Å². The van der Waals surface area contributed by atoms with Crippen molar-refractivity contribution in [2.24, 2.45) is 4.99 Å². The number of furan rings is 1. The van der Waals surface area contributed by atoms with Gasteiger partial charge in [-0.05, 0) is 36.4 Å². The van der Waals surface area contributed by atoms with Crippen molar-refractivity contribution >= 4 is 57.9 Å². The van der Waals surface area contributed by atoms with Crippen LogP contribution in [0, 0.1) is 0 Å². The number of para-hydroxylation sites is 1. The first-order valence-corrected chi connectivity index (χ1v) is 10.2. The Kier molecular flexibility index (Phi) is 5.97. The molecule has 7 nitrogen and oxygen atoms in total. The first-order valence-electron chi connectivity index (χ1n) is 8.88. The molecule has 1 aliphatic rings. The minimum absolute atomic E-state index is 0.0494. The van der Waals surface area contributed by atoms with E-state index in [1.54, 1.807) is 30.3 Å². The highest BCUT2D eigenvalue weighted by Gasteiger charge is 2.32. The lowest BCUT2D eigenvalue weighted by Gasteiger charge is -2.17. The third kappa shape index (κ3) is 4.61. The van der Waals surface area contributed by atoms with E-state index >= 15 is 0 Å². The fourth-order valence-corrected chi connectivity index (χ4v) is 3.59. The zero-order valence-electron chi connectivity index (χ0n) is 15.5. The summed E-state index contributed by atoms with van der Waals surface area (Å²) in [5.41, 5.74) is 0.896. The summed E-state index contributed by atoms with van der Waals surface area (Å²) in [7, 11) is 0. The number of thioether (sulfide) groups is 1. The van der Waals surface area contributed by atoms with Crippen molar-refractivity contribution in [1.82, 2.24) is 4.98 Å². The lowest BCUT2D eigenvalue weighted by atomic mass is 10.2.